The first kappa shape index (κ1) is 27.1. The zero-order chi connectivity index (χ0) is 27.9. The number of aliphatic hydroxyl groups excluding tert-OH is 1. The highest BCUT2D eigenvalue weighted by atomic mass is 35.5. The van der Waals surface area contributed by atoms with E-state index in [0.717, 1.165) is 36.1 Å². The van der Waals surface area contributed by atoms with Crippen LogP contribution in [-0.2, 0) is 13.0 Å². The predicted molar refractivity (Wildman–Crippen MR) is 148 cm³/mol. The van der Waals surface area contributed by atoms with Gasteiger partial charge in [0.1, 0.15) is 18.2 Å². The van der Waals surface area contributed by atoms with E-state index in [4.69, 9.17) is 16.3 Å². The molecule has 0 bridgehead atoms. The smallest absolute Gasteiger partial charge is 0.254 e. The number of alkyl halides is 2. The average molecular weight is 572 g/mol. The van der Waals surface area contributed by atoms with E-state index in [9.17, 15) is 18.7 Å². The lowest BCUT2D eigenvalue weighted by Gasteiger charge is -2.36. The minimum atomic E-state index is -2.53. The Hall–Kier alpha value is -3.08. The SMILES string of the molecule is O=C(NC[C@H](O)CN1CCc2c(ccc(OCC3=CN=CC3)c2Cl)C1)c1ccnc(NC2CC3(C2)CC3(F)F)c1. The summed E-state index contributed by atoms with van der Waals surface area (Å²) < 4.78 is 32.8. The molecule has 6 rings (SSSR count). The highest BCUT2D eigenvalue weighted by molar-refractivity contribution is 6.33. The van der Waals surface area contributed by atoms with Crippen LogP contribution < -0.4 is 15.4 Å². The van der Waals surface area contributed by atoms with Gasteiger partial charge in [-0.15, -0.1) is 0 Å². The first-order chi connectivity index (χ1) is 19.2. The van der Waals surface area contributed by atoms with Crippen molar-refractivity contribution in [1.82, 2.24) is 15.2 Å². The first-order valence-electron chi connectivity index (χ1n) is 13.6. The van der Waals surface area contributed by atoms with Gasteiger partial charge >= 0.3 is 0 Å². The number of halogens is 3. The molecular weight excluding hydrogens is 540 g/mol. The quantitative estimate of drug-likeness (QED) is 0.395. The Kier molecular flexibility index (Phi) is 7.27. The Morgan fingerprint density at radius 2 is 2.12 bits per heavy atom. The number of nitrogens with zero attached hydrogens (tertiary/aromatic N) is 3. The number of hydrogen-bond acceptors (Lipinski definition) is 7. The van der Waals surface area contributed by atoms with Gasteiger partial charge in [0.15, 0.2) is 0 Å². The second kappa shape index (κ2) is 10.7. The molecule has 4 aliphatic rings. The van der Waals surface area contributed by atoms with Crippen molar-refractivity contribution in [2.75, 3.05) is 31.6 Å². The molecule has 3 heterocycles. The van der Waals surface area contributed by atoms with Crippen LogP contribution in [0.2, 0.25) is 5.02 Å². The molecule has 1 spiro atoms. The van der Waals surface area contributed by atoms with Crippen LogP contribution in [-0.4, -0.2) is 71.4 Å². The van der Waals surface area contributed by atoms with Crippen molar-refractivity contribution in [3.05, 3.63) is 63.9 Å². The Balaban J connectivity index is 0.955. The summed E-state index contributed by atoms with van der Waals surface area (Å²) in [5.41, 5.74) is 2.85. The number of fused-ring (bicyclic) bond motifs is 1. The molecule has 2 aliphatic heterocycles. The number of β-amino-alcohol motifs (C(OH)–C–C–N with tert-alkyl or cyclic N) is 1. The van der Waals surface area contributed by atoms with Gasteiger partial charge in [0, 0.05) is 74.7 Å². The maximum Gasteiger partial charge on any atom is 0.254 e. The minimum Gasteiger partial charge on any atom is -0.488 e. The summed E-state index contributed by atoms with van der Waals surface area (Å²) in [4.78, 5) is 23.2. The lowest BCUT2D eigenvalue weighted by atomic mass is 9.76. The maximum atomic E-state index is 13.4. The molecule has 2 saturated carbocycles. The molecule has 2 fully saturated rings. The monoisotopic (exact) mass is 571 g/mol. The summed E-state index contributed by atoms with van der Waals surface area (Å²) in [5.74, 6) is -1.71. The second-order valence-electron chi connectivity index (χ2n) is 11.3. The Morgan fingerprint density at radius 1 is 1.30 bits per heavy atom. The molecule has 8 nitrogen and oxygen atoms in total. The van der Waals surface area contributed by atoms with Gasteiger partial charge < -0.3 is 20.5 Å². The number of nitrogens with one attached hydrogen (secondary N) is 2. The van der Waals surface area contributed by atoms with E-state index in [1.807, 2.05) is 24.5 Å². The summed E-state index contributed by atoms with van der Waals surface area (Å²) in [6.07, 6.45) is 6.77. The van der Waals surface area contributed by atoms with Crippen molar-refractivity contribution in [1.29, 1.82) is 0 Å². The fourth-order valence-electron chi connectivity index (χ4n) is 5.91. The first-order valence-corrected chi connectivity index (χ1v) is 14.0. The zero-order valence-corrected chi connectivity index (χ0v) is 22.8. The van der Waals surface area contributed by atoms with Gasteiger partial charge in [-0.05, 0) is 54.2 Å². The van der Waals surface area contributed by atoms with E-state index in [1.165, 1.54) is 6.20 Å². The fourth-order valence-corrected chi connectivity index (χ4v) is 6.24. The lowest BCUT2D eigenvalue weighted by Crippen LogP contribution is -2.42. The number of amides is 1. The molecule has 11 heteroatoms. The van der Waals surface area contributed by atoms with Crippen molar-refractivity contribution in [3.8, 4) is 5.75 Å². The molecule has 1 aromatic heterocycles. The van der Waals surface area contributed by atoms with E-state index >= 15 is 0 Å². The number of ether oxygens (including phenoxy) is 1. The highest BCUT2D eigenvalue weighted by Crippen LogP contribution is 2.71. The number of carbonyl (C=O) groups excluding carboxylic acids is 1. The molecular formula is C29H32ClF2N5O3. The molecule has 1 atom stereocenters. The van der Waals surface area contributed by atoms with Crippen LogP contribution in [0.25, 0.3) is 0 Å². The zero-order valence-electron chi connectivity index (χ0n) is 22.0. The lowest BCUT2D eigenvalue weighted by molar-refractivity contribution is 0.0247. The number of rotatable bonds is 10. The van der Waals surface area contributed by atoms with Crippen molar-refractivity contribution >= 4 is 29.5 Å². The van der Waals surface area contributed by atoms with Gasteiger partial charge in [-0.25, -0.2) is 13.8 Å². The largest absolute Gasteiger partial charge is 0.488 e. The minimum absolute atomic E-state index is 0.0286. The topological polar surface area (TPSA) is 99.1 Å². The number of anilines is 1. The fraction of sp³-hybridized carbons (Fsp3) is 0.483. The third kappa shape index (κ3) is 5.57. The van der Waals surface area contributed by atoms with Gasteiger partial charge in [-0.2, -0.15) is 0 Å². The molecule has 2 aromatic rings. The van der Waals surface area contributed by atoms with E-state index < -0.39 is 17.4 Å². The van der Waals surface area contributed by atoms with Crippen LogP contribution in [0.1, 0.15) is 47.2 Å². The molecule has 3 N–H and O–H groups in total. The summed E-state index contributed by atoms with van der Waals surface area (Å²) >= 11 is 6.66. The third-order valence-electron chi connectivity index (χ3n) is 8.33. The third-order valence-corrected chi connectivity index (χ3v) is 8.75. The van der Waals surface area contributed by atoms with E-state index in [1.54, 1.807) is 12.1 Å². The molecule has 40 heavy (non-hydrogen) atoms. The average Bonchev–Trinajstić information content (AvgIpc) is 3.23. The summed E-state index contributed by atoms with van der Waals surface area (Å²) in [5, 5.41) is 17.2. The predicted octanol–water partition coefficient (Wildman–Crippen LogP) is 4.22. The molecule has 1 aromatic carbocycles. The standard InChI is InChI=1S/C29H32ClF2N5O3/c30-26-23-5-8-37(14-20(23)1-2-24(26)40-16-18-3-6-33-12-18)15-22(38)13-35-27(39)19-4-7-34-25(9-19)36-21-10-28(11-21)17-29(28,31)32/h1-2,4,6-7,9,12,21-22,38H,3,5,8,10-11,13-17H2,(H,34,36)(H,35,39)/t21?,22-,28?/m0/s1. The van der Waals surface area contributed by atoms with Crippen LogP contribution in [0.5, 0.6) is 5.75 Å². The van der Waals surface area contributed by atoms with Crippen molar-refractivity contribution in [2.24, 2.45) is 10.4 Å². The van der Waals surface area contributed by atoms with Crippen LogP contribution in [0.4, 0.5) is 14.6 Å². The van der Waals surface area contributed by atoms with Gasteiger partial charge in [-0.1, -0.05) is 17.7 Å². The number of aromatic nitrogens is 1. The van der Waals surface area contributed by atoms with Gasteiger partial charge in [-0.3, -0.25) is 14.7 Å². The molecule has 0 radical (unpaired) electrons. The van der Waals surface area contributed by atoms with E-state index in [0.29, 0.717) is 54.7 Å². The van der Waals surface area contributed by atoms with Gasteiger partial charge in [0.05, 0.1) is 11.1 Å². The van der Waals surface area contributed by atoms with Crippen LogP contribution in [0.3, 0.4) is 0 Å². The number of carbonyl (C=O) groups is 1. The van der Waals surface area contributed by atoms with Crippen molar-refractivity contribution in [2.45, 2.75) is 56.7 Å². The normalized spacial score (nSPS) is 25.1. The maximum absolute atomic E-state index is 13.4. The Morgan fingerprint density at radius 3 is 2.88 bits per heavy atom. The number of aliphatic imine (C=N–C) groups is 1. The summed E-state index contributed by atoms with van der Waals surface area (Å²) in [7, 11) is 0. The summed E-state index contributed by atoms with van der Waals surface area (Å²) in [6, 6.07) is 7.05. The van der Waals surface area contributed by atoms with Crippen molar-refractivity contribution < 1.29 is 23.4 Å². The number of hydrogen-bond donors (Lipinski definition) is 3. The number of aliphatic hydroxyl groups is 1. The van der Waals surface area contributed by atoms with Crippen LogP contribution in [0, 0.1) is 5.41 Å². The molecule has 0 unspecified atom stereocenters. The Labute approximate surface area is 236 Å². The van der Waals surface area contributed by atoms with E-state index in [-0.39, 0.29) is 24.9 Å². The molecule has 212 valence electrons. The van der Waals surface area contributed by atoms with Gasteiger partial charge in [0.2, 0.25) is 0 Å². The number of pyridine rings is 1. The number of benzene rings is 1. The van der Waals surface area contributed by atoms with Crippen LogP contribution >= 0.6 is 11.6 Å². The van der Waals surface area contributed by atoms with E-state index in [2.05, 4.69) is 25.5 Å². The summed E-state index contributed by atoms with van der Waals surface area (Å²) in [6.45, 7) is 2.34. The van der Waals surface area contributed by atoms with Gasteiger partial charge in [0.25, 0.3) is 11.8 Å². The van der Waals surface area contributed by atoms with Crippen LogP contribution in [0.15, 0.2) is 47.2 Å². The molecule has 0 saturated heterocycles. The Bertz CT molecular complexity index is 1360. The van der Waals surface area contributed by atoms with Crippen molar-refractivity contribution in [3.63, 3.8) is 0 Å². The second-order valence-corrected chi connectivity index (χ2v) is 11.7. The molecule has 1 amide bonds. The highest BCUT2D eigenvalue weighted by Gasteiger charge is 2.75. The molecule has 2 aliphatic carbocycles.